The first-order chi connectivity index (χ1) is 8.58. The van der Waals surface area contributed by atoms with Gasteiger partial charge >= 0.3 is 7.12 Å². The fourth-order valence-corrected chi connectivity index (χ4v) is 1.96. The van der Waals surface area contributed by atoms with Crippen molar-refractivity contribution in [3.05, 3.63) is 34.7 Å². The van der Waals surface area contributed by atoms with Crippen LogP contribution in [0.15, 0.2) is 29.2 Å². The topological polar surface area (TPSA) is 71.7 Å². The first-order valence-corrected chi connectivity index (χ1v) is 5.65. The van der Waals surface area contributed by atoms with Crippen molar-refractivity contribution in [2.24, 2.45) is 0 Å². The summed E-state index contributed by atoms with van der Waals surface area (Å²) < 4.78 is 6.64. The SMILES string of the molecule is CCn1ccc2cc(OC)c(B(O)O)cc2c1=O. The average Bonchev–Trinajstić information content (AvgIpc) is 2.37. The number of rotatable bonds is 3. The molecular formula is C12H14BNO4. The third-order valence-corrected chi connectivity index (χ3v) is 2.95. The maximum absolute atomic E-state index is 12.1. The summed E-state index contributed by atoms with van der Waals surface area (Å²) in [5, 5.41) is 19.7. The smallest absolute Gasteiger partial charge is 0.492 e. The number of pyridine rings is 1. The number of nitrogens with zero attached hydrogens (tertiary/aromatic N) is 1. The summed E-state index contributed by atoms with van der Waals surface area (Å²) in [5.41, 5.74) is 0.0375. The van der Waals surface area contributed by atoms with Crippen molar-refractivity contribution in [1.82, 2.24) is 4.57 Å². The van der Waals surface area contributed by atoms with E-state index in [1.807, 2.05) is 6.92 Å². The Balaban J connectivity index is 2.80. The van der Waals surface area contributed by atoms with Crippen LogP contribution in [-0.4, -0.2) is 28.8 Å². The number of hydrogen-bond donors (Lipinski definition) is 2. The van der Waals surface area contributed by atoms with Gasteiger partial charge in [0.1, 0.15) is 5.75 Å². The Morgan fingerprint density at radius 2 is 2.11 bits per heavy atom. The molecule has 2 rings (SSSR count). The molecule has 18 heavy (non-hydrogen) atoms. The fourth-order valence-electron chi connectivity index (χ4n) is 1.96. The highest BCUT2D eigenvalue weighted by atomic mass is 16.5. The zero-order valence-electron chi connectivity index (χ0n) is 10.3. The Bertz CT molecular complexity index is 636. The van der Waals surface area contributed by atoms with Gasteiger partial charge in [0.05, 0.1) is 7.11 Å². The lowest BCUT2D eigenvalue weighted by molar-refractivity contribution is 0.403. The van der Waals surface area contributed by atoms with Crippen molar-refractivity contribution in [3.63, 3.8) is 0 Å². The van der Waals surface area contributed by atoms with Crippen LogP contribution in [0.2, 0.25) is 0 Å². The molecule has 0 radical (unpaired) electrons. The highest BCUT2D eigenvalue weighted by Gasteiger charge is 2.18. The maximum atomic E-state index is 12.1. The molecule has 0 spiro atoms. The predicted molar refractivity (Wildman–Crippen MR) is 70.3 cm³/mol. The van der Waals surface area contributed by atoms with Gasteiger partial charge in [0.25, 0.3) is 5.56 Å². The minimum absolute atomic E-state index is 0.153. The molecule has 0 aliphatic rings. The van der Waals surface area contributed by atoms with Gasteiger partial charge in [-0.25, -0.2) is 0 Å². The minimum Gasteiger partial charge on any atom is -0.497 e. The van der Waals surface area contributed by atoms with Gasteiger partial charge in [0.2, 0.25) is 0 Å². The molecule has 0 atom stereocenters. The summed E-state index contributed by atoms with van der Waals surface area (Å²) in [5.74, 6) is 0.353. The van der Waals surface area contributed by atoms with Gasteiger partial charge in [-0.15, -0.1) is 0 Å². The molecule has 0 bridgehead atoms. The Hall–Kier alpha value is -1.79. The van der Waals surface area contributed by atoms with Crippen LogP contribution in [-0.2, 0) is 6.54 Å². The van der Waals surface area contributed by atoms with Crippen molar-refractivity contribution in [1.29, 1.82) is 0 Å². The second-order valence-electron chi connectivity index (χ2n) is 3.96. The number of aryl methyl sites for hydroxylation is 1. The Morgan fingerprint density at radius 1 is 1.39 bits per heavy atom. The summed E-state index contributed by atoms with van der Waals surface area (Å²) in [6.45, 7) is 2.44. The highest BCUT2D eigenvalue weighted by molar-refractivity contribution is 6.60. The lowest BCUT2D eigenvalue weighted by atomic mass is 9.78. The highest BCUT2D eigenvalue weighted by Crippen LogP contribution is 2.16. The molecule has 2 aromatic rings. The minimum atomic E-state index is -1.67. The molecule has 2 N–H and O–H groups in total. The number of fused-ring (bicyclic) bond motifs is 1. The summed E-state index contributed by atoms with van der Waals surface area (Å²) in [6.07, 6.45) is 1.71. The zero-order chi connectivity index (χ0) is 13.3. The predicted octanol–water partition coefficient (Wildman–Crippen LogP) is -0.290. The Kier molecular flexibility index (Phi) is 3.40. The first-order valence-electron chi connectivity index (χ1n) is 5.65. The fraction of sp³-hybridized carbons (Fsp3) is 0.250. The molecule has 6 heteroatoms. The first kappa shape index (κ1) is 12.7. The van der Waals surface area contributed by atoms with Crippen LogP contribution in [0.25, 0.3) is 10.8 Å². The van der Waals surface area contributed by atoms with Crippen LogP contribution >= 0.6 is 0 Å². The summed E-state index contributed by atoms with van der Waals surface area (Å²) in [4.78, 5) is 12.1. The quantitative estimate of drug-likeness (QED) is 0.731. The lowest BCUT2D eigenvalue weighted by Crippen LogP contribution is -2.32. The van der Waals surface area contributed by atoms with E-state index in [9.17, 15) is 14.8 Å². The van der Waals surface area contributed by atoms with Crippen LogP contribution in [0.4, 0.5) is 0 Å². The van der Waals surface area contributed by atoms with Crippen LogP contribution in [0.3, 0.4) is 0 Å². The number of aromatic nitrogens is 1. The molecule has 5 nitrogen and oxygen atoms in total. The van der Waals surface area contributed by atoms with E-state index in [0.29, 0.717) is 23.1 Å². The molecule has 1 aromatic heterocycles. The van der Waals surface area contributed by atoms with E-state index in [0.717, 1.165) is 0 Å². The zero-order valence-corrected chi connectivity index (χ0v) is 10.3. The van der Waals surface area contributed by atoms with Gasteiger partial charge in [0, 0.05) is 23.6 Å². The normalized spacial score (nSPS) is 10.7. The van der Waals surface area contributed by atoms with Crippen molar-refractivity contribution in [3.8, 4) is 5.75 Å². The monoisotopic (exact) mass is 247 g/mol. The standard InChI is InChI=1S/C12H14BNO4/c1-3-14-5-4-8-6-11(18-2)10(13(16)17)7-9(8)12(14)15/h4-7,16-17H,3H2,1-2H3. The molecule has 0 unspecified atom stereocenters. The van der Waals surface area contributed by atoms with Gasteiger partial charge in [0.15, 0.2) is 0 Å². The average molecular weight is 247 g/mol. The van der Waals surface area contributed by atoms with Crippen LogP contribution in [0, 0.1) is 0 Å². The molecule has 94 valence electrons. The second-order valence-corrected chi connectivity index (χ2v) is 3.96. The summed E-state index contributed by atoms with van der Waals surface area (Å²) in [7, 11) is -0.223. The van der Waals surface area contributed by atoms with Crippen LogP contribution < -0.4 is 15.8 Å². The summed E-state index contributed by atoms with van der Waals surface area (Å²) in [6, 6.07) is 4.90. The van der Waals surface area contributed by atoms with E-state index in [1.54, 1.807) is 22.9 Å². The lowest BCUT2D eigenvalue weighted by Gasteiger charge is -2.10. The van der Waals surface area contributed by atoms with Gasteiger partial charge < -0.3 is 19.4 Å². The van der Waals surface area contributed by atoms with Crippen molar-refractivity contribution < 1.29 is 14.8 Å². The number of benzene rings is 1. The molecule has 0 saturated heterocycles. The van der Waals surface area contributed by atoms with E-state index < -0.39 is 7.12 Å². The van der Waals surface area contributed by atoms with Crippen molar-refractivity contribution in [2.75, 3.05) is 7.11 Å². The molecule has 0 aliphatic carbocycles. The van der Waals surface area contributed by atoms with E-state index in [2.05, 4.69) is 0 Å². The van der Waals surface area contributed by atoms with Gasteiger partial charge in [-0.3, -0.25) is 4.79 Å². The maximum Gasteiger partial charge on any atom is 0.492 e. The number of hydrogen-bond acceptors (Lipinski definition) is 4. The molecule has 1 aromatic carbocycles. The molecule has 0 amide bonds. The molecule has 0 aliphatic heterocycles. The van der Waals surface area contributed by atoms with Gasteiger partial charge in [-0.05, 0) is 30.5 Å². The Morgan fingerprint density at radius 3 is 2.67 bits per heavy atom. The van der Waals surface area contributed by atoms with E-state index in [1.165, 1.54) is 13.2 Å². The molecule has 0 fully saturated rings. The van der Waals surface area contributed by atoms with Crippen LogP contribution in [0.5, 0.6) is 5.75 Å². The number of ether oxygens (including phenoxy) is 1. The van der Waals surface area contributed by atoms with Gasteiger partial charge in [-0.1, -0.05) is 0 Å². The van der Waals surface area contributed by atoms with E-state index in [4.69, 9.17) is 4.74 Å². The third-order valence-electron chi connectivity index (χ3n) is 2.95. The molecule has 1 heterocycles. The van der Waals surface area contributed by atoms with E-state index in [-0.39, 0.29) is 11.0 Å². The Labute approximate surface area is 104 Å². The van der Waals surface area contributed by atoms with Crippen molar-refractivity contribution in [2.45, 2.75) is 13.5 Å². The molecular weight excluding hydrogens is 233 g/mol. The van der Waals surface area contributed by atoms with Crippen molar-refractivity contribution >= 4 is 23.4 Å². The summed E-state index contributed by atoms with van der Waals surface area (Å²) >= 11 is 0. The number of methoxy groups -OCH3 is 1. The third kappa shape index (κ3) is 2.00. The van der Waals surface area contributed by atoms with Crippen LogP contribution in [0.1, 0.15) is 6.92 Å². The second kappa shape index (κ2) is 4.84. The molecule has 0 saturated carbocycles. The van der Waals surface area contributed by atoms with Gasteiger partial charge in [-0.2, -0.15) is 0 Å². The van der Waals surface area contributed by atoms with E-state index >= 15 is 0 Å². The largest absolute Gasteiger partial charge is 0.497 e.